The van der Waals surface area contributed by atoms with Gasteiger partial charge in [0.1, 0.15) is 0 Å². The average Bonchev–Trinajstić information content (AvgIpc) is 2.04. The molecule has 0 saturated heterocycles. The van der Waals surface area contributed by atoms with Gasteiger partial charge in [-0.1, -0.05) is 28.9 Å². The normalized spacial score (nSPS) is 12.6. The first-order valence-electron chi connectivity index (χ1n) is 3.86. The lowest BCUT2D eigenvalue weighted by molar-refractivity contribution is 0.392. The summed E-state index contributed by atoms with van der Waals surface area (Å²) in [4.78, 5) is 4.56. The fourth-order valence-electron chi connectivity index (χ4n) is 1.07. The maximum absolute atomic E-state index is 5.11. The highest BCUT2D eigenvalue weighted by Gasteiger charge is 2.05. The molecule has 0 radical (unpaired) electrons. The molecule has 3 heteroatoms. The Labute approximate surface area is 81.1 Å². The molecule has 1 aromatic rings. The molecule has 0 N–H and O–H groups in total. The van der Waals surface area contributed by atoms with Crippen molar-refractivity contribution in [1.82, 2.24) is 4.98 Å². The molecule has 0 aromatic carbocycles. The lowest BCUT2D eigenvalue weighted by Crippen LogP contribution is -2.00. The van der Waals surface area contributed by atoms with Gasteiger partial charge in [-0.15, -0.1) is 0 Å². The number of ether oxygens (including phenoxy) is 1. The molecule has 1 unspecified atom stereocenters. The van der Waals surface area contributed by atoms with Crippen molar-refractivity contribution in [1.29, 1.82) is 0 Å². The second kappa shape index (κ2) is 4.45. The van der Waals surface area contributed by atoms with E-state index in [-0.39, 0.29) is 0 Å². The molecule has 1 rings (SSSR count). The van der Waals surface area contributed by atoms with Crippen LogP contribution in [0.3, 0.4) is 0 Å². The fourth-order valence-corrected chi connectivity index (χ4v) is 1.42. The summed E-state index contributed by atoms with van der Waals surface area (Å²) < 4.78 is 5.11. The third-order valence-corrected chi connectivity index (χ3v) is 1.87. The van der Waals surface area contributed by atoms with E-state index in [1.165, 1.54) is 0 Å². The van der Waals surface area contributed by atoms with Crippen LogP contribution in [0.5, 0.6) is 5.88 Å². The van der Waals surface area contributed by atoms with E-state index in [4.69, 9.17) is 4.74 Å². The van der Waals surface area contributed by atoms with Crippen LogP contribution in [0, 0.1) is 0 Å². The molecule has 1 heterocycles. The van der Waals surface area contributed by atoms with E-state index in [0.717, 1.165) is 17.9 Å². The third-order valence-electron chi connectivity index (χ3n) is 1.54. The van der Waals surface area contributed by atoms with Crippen molar-refractivity contribution in [3.8, 4) is 5.88 Å². The molecule has 0 aliphatic rings. The minimum Gasteiger partial charge on any atom is -0.481 e. The van der Waals surface area contributed by atoms with Gasteiger partial charge in [0.05, 0.1) is 7.11 Å². The van der Waals surface area contributed by atoms with Gasteiger partial charge in [0.15, 0.2) is 0 Å². The minimum atomic E-state index is 0.454. The van der Waals surface area contributed by atoms with Crippen LogP contribution < -0.4 is 4.74 Å². The Hall–Kier alpha value is -0.570. The fraction of sp³-hybridized carbons (Fsp3) is 0.444. The van der Waals surface area contributed by atoms with E-state index < -0.39 is 0 Å². The van der Waals surface area contributed by atoms with Crippen LogP contribution in [0.4, 0.5) is 0 Å². The number of pyridine rings is 1. The van der Waals surface area contributed by atoms with E-state index in [0.29, 0.717) is 4.83 Å². The quantitative estimate of drug-likeness (QED) is 0.744. The topological polar surface area (TPSA) is 22.1 Å². The Morgan fingerprint density at radius 2 is 2.42 bits per heavy atom. The molecule has 1 atom stereocenters. The van der Waals surface area contributed by atoms with Crippen LogP contribution in [0.15, 0.2) is 18.3 Å². The van der Waals surface area contributed by atoms with E-state index in [1.54, 1.807) is 13.3 Å². The number of rotatable bonds is 3. The second-order valence-corrected chi connectivity index (χ2v) is 4.22. The first-order chi connectivity index (χ1) is 5.74. The summed E-state index contributed by atoms with van der Waals surface area (Å²) in [6, 6.07) is 3.96. The second-order valence-electron chi connectivity index (χ2n) is 2.66. The van der Waals surface area contributed by atoms with Crippen molar-refractivity contribution in [3.63, 3.8) is 0 Å². The summed E-state index contributed by atoms with van der Waals surface area (Å²) in [7, 11) is 1.64. The van der Waals surface area contributed by atoms with E-state index in [2.05, 4.69) is 27.8 Å². The highest BCUT2D eigenvalue weighted by atomic mass is 79.9. The predicted octanol–water partition coefficient (Wildman–Crippen LogP) is 2.42. The number of hydrogen-bond acceptors (Lipinski definition) is 2. The lowest BCUT2D eigenvalue weighted by atomic mass is 10.1. The molecular formula is C9H12BrNO. The smallest absolute Gasteiger partial charge is 0.216 e. The Bertz CT molecular complexity index is 250. The molecule has 12 heavy (non-hydrogen) atoms. The van der Waals surface area contributed by atoms with Crippen LogP contribution >= 0.6 is 15.9 Å². The zero-order chi connectivity index (χ0) is 8.97. The van der Waals surface area contributed by atoms with Gasteiger partial charge in [0.25, 0.3) is 0 Å². The largest absolute Gasteiger partial charge is 0.481 e. The van der Waals surface area contributed by atoms with Gasteiger partial charge in [-0.05, 0) is 12.5 Å². The molecular weight excluding hydrogens is 218 g/mol. The molecule has 0 amide bonds. The van der Waals surface area contributed by atoms with Crippen molar-refractivity contribution in [2.45, 2.75) is 18.2 Å². The molecule has 0 aliphatic heterocycles. The zero-order valence-corrected chi connectivity index (χ0v) is 8.84. The summed E-state index contributed by atoms with van der Waals surface area (Å²) in [5.74, 6) is 0.726. The van der Waals surface area contributed by atoms with Crippen molar-refractivity contribution < 1.29 is 4.74 Å². The first kappa shape index (κ1) is 9.52. The molecule has 2 nitrogen and oxygen atoms in total. The zero-order valence-electron chi connectivity index (χ0n) is 7.25. The van der Waals surface area contributed by atoms with Gasteiger partial charge in [-0.25, -0.2) is 4.98 Å². The number of alkyl halides is 1. The van der Waals surface area contributed by atoms with Crippen LogP contribution in [0.25, 0.3) is 0 Å². The highest BCUT2D eigenvalue weighted by molar-refractivity contribution is 9.09. The van der Waals surface area contributed by atoms with E-state index in [9.17, 15) is 0 Å². The predicted molar refractivity (Wildman–Crippen MR) is 52.9 cm³/mol. The van der Waals surface area contributed by atoms with E-state index >= 15 is 0 Å². The number of methoxy groups -OCH3 is 1. The number of aromatic nitrogens is 1. The Balaban J connectivity index is 2.82. The molecule has 0 aliphatic carbocycles. The van der Waals surface area contributed by atoms with Crippen molar-refractivity contribution >= 4 is 15.9 Å². The number of hydrogen-bond donors (Lipinski definition) is 0. The Morgan fingerprint density at radius 1 is 1.67 bits per heavy atom. The van der Waals surface area contributed by atoms with Crippen molar-refractivity contribution in [2.75, 3.05) is 7.11 Å². The molecule has 0 spiro atoms. The van der Waals surface area contributed by atoms with Crippen molar-refractivity contribution in [2.24, 2.45) is 0 Å². The van der Waals surface area contributed by atoms with Gasteiger partial charge in [0, 0.05) is 16.6 Å². The van der Waals surface area contributed by atoms with Crippen LogP contribution in [0.1, 0.15) is 12.5 Å². The lowest BCUT2D eigenvalue weighted by Gasteiger charge is -2.07. The minimum absolute atomic E-state index is 0.454. The average molecular weight is 230 g/mol. The summed E-state index contributed by atoms with van der Waals surface area (Å²) in [5.41, 5.74) is 1.14. The maximum atomic E-state index is 5.11. The molecule has 0 saturated carbocycles. The van der Waals surface area contributed by atoms with Gasteiger partial charge in [0.2, 0.25) is 5.88 Å². The Kier molecular flexibility index (Phi) is 3.53. The number of nitrogens with zero attached hydrogens (tertiary/aromatic N) is 1. The maximum Gasteiger partial charge on any atom is 0.216 e. The van der Waals surface area contributed by atoms with Crippen LogP contribution in [-0.4, -0.2) is 16.9 Å². The summed E-state index contributed by atoms with van der Waals surface area (Å²) in [5, 5.41) is 0. The summed E-state index contributed by atoms with van der Waals surface area (Å²) in [6.07, 6.45) is 2.68. The Morgan fingerprint density at radius 3 is 3.00 bits per heavy atom. The third kappa shape index (κ3) is 2.48. The van der Waals surface area contributed by atoms with Gasteiger partial charge < -0.3 is 4.74 Å². The van der Waals surface area contributed by atoms with E-state index in [1.807, 2.05) is 12.1 Å². The summed E-state index contributed by atoms with van der Waals surface area (Å²) >= 11 is 3.49. The molecule has 0 bridgehead atoms. The van der Waals surface area contributed by atoms with Gasteiger partial charge >= 0.3 is 0 Å². The molecule has 66 valence electrons. The highest BCUT2D eigenvalue weighted by Crippen LogP contribution is 2.17. The summed E-state index contributed by atoms with van der Waals surface area (Å²) in [6.45, 7) is 2.10. The van der Waals surface area contributed by atoms with Crippen LogP contribution in [-0.2, 0) is 6.42 Å². The van der Waals surface area contributed by atoms with Crippen LogP contribution in [0.2, 0.25) is 0 Å². The molecule has 0 fully saturated rings. The SMILES string of the molecule is COc1ncccc1CC(C)Br. The standard InChI is InChI=1S/C9H12BrNO/c1-7(10)6-8-4-3-5-11-9(8)12-2/h3-5,7H,6H2,1-2H3. The number of halogens is 1. The first-order valence-corrected chi connectivity index (χ1v) is 4.77. The monoisotopic (exact) mass is 229 g/mol. The van der Waals surface area contributed by atoms with Gasteiger partial charge in [-0.2, -0.15) is 0 Å². The molecule has 1 aromatic heterocycles. The van der Waals surface area contributed by atoms with Gasteiger partial charge in [-0.3, -0.25) is 0 Å². The van der Waals surface area contributed by atoms with Crippen molar-refractivity contribution in [3.05, 3.63) is 23.9 Å².